The van der Waals surface area contributed by atoms with Gasteiger partial charge in [0.2, 0.25) is 0 Å². The molecule has 3 N–H and O–H groups in total. The van der Waals surface area contributed by atoms with E-state index in [9.17, 15) is 9.90 Å². The van der Waals surface area contributed by atoms with Crippen LogP contribution in [0, 0.1) is 6.92 Å². The fourth-order valence-electron chi connectivity index (χ4n) is 2.34. The molecule has 0 saturated heterocycles. The Kier molecular flexibility index (Phi) is 4.69. The third-order valence-corrected chi connectivity index (χ3v) is 3.82. The molecule has 0 aliphatic rings. The maximum atomic E-state index is 12.0. The lowest BCUT2D eigenvalue weighted by molar-refractivity contribution is 0.175. The highest BCUT2D eigenvalue weighted by molar-refractivity contribution is 6.31. The van der Waals surface area contributed by atoms with E-state index < -0.39 is 12.1 Å². The van der Waals surface area contributed by atoms with Gasteiger partial charge in [0, 0.05) is 29.7 Å². The number of aliphatic hydroxyl groups is 1. The third-order valence-electron chi connectivity index (χ3n) is 3.47. The third kappa shape index (κ3) is 3.67. The minimum absolute atomic E-state index is 0.0425. The van der Waals surface area contributed by atoms with Gasteiger partial charge >= 0.3 is 6.03 Å². The normalized spacial score (nSPS) is 12.1. The summed E-state index contributed by atoms with van der Waals surface area (Å²) in [7, 11) is 0. The van der Waals surface area contributed by atoms with Crippen LogP contribution in [0.1, 0.15) is 17.6 Å². The van der Waals surface area contributed by atoms with Crippen molar-refractivity contribution in [3.05, 3.63) is 58.9 Å². The first kappa shape index (κ1) is 16.3. The number of hydrogen-bond donors (Lipinski definition) is 3. The molecule has 2 amide bonds. The van der Waals surface area contributed by atoms with Crippen LogP contribution in [0.4, 0.5) is 10.5 Å². The van der Waals surface area contributed by atoms with E-state index in [2.05, 4.69) is 15.6 Å². The van der Waals surface area contributed by atoms with Crippen LogP contribution in [-0.4, -0.2) is 22.7 Å². The van der Waals surface area contributed by atoms with Gasteiger partial charge in [0.25, 0.3) is 0 Å². The largest absolute Gasteiger partial charge is 0.441 e. The summed E-state index contributed by atoms with van der Waals surface area (Å²) in [5, 5.41) is 15.9. The summed E-state index contributed by atoms with van der Waals surface area (Å²) in [6.45, 7) is 1.80. The van der Waals surface area contributed by atoms with Gasteiger partial charge in [-0.2, -0.15) is 0 Å². The minimum Gasteiger partial charge on any atom is -0.441 e. The first-order valence-electron chi connectivity index (χ1n) is 7.37. The number of halogens is 1. The Hall–Kier alpha value is -2.57. The van der Waals surface area contributed by atoms with E-state index in [1.807, 2.05) is 0 Å². The molecule has 0 spiro atoms. The zero-order valence-electron chi connectivity index (χ0n) is 12.9. The summed E-state index contributed by atoms with van der Waals surface area (Å²) >= 11 is 6.02. The molecular weight excluding hydrogens is 330 g/mol. The van der Waals surface area contributed by atoms with Gasteiger partial charge < -0.3 is 20.2 Å². The first-order chi connectivity index (χ1) is 11.5. The van der Waals surface area contributed by atoms with E-state index >= 15 is 0 Å². The molecule has 124 valence electrons. The highest BCUT2D eigenvalue weighted by atomic mass is 35.5. The number of aliphatic hydroxyl groups excluding tert-OH is 1. The Morgan fingerprint density at radius 3 is 2.92 bits per heavy atom. The number of carbonyl (C=O) groups excluding carboxylic acids is 1. The summed E-state index contributed by atoms with van der Waals surface area (Å²) in [5.74, 6) is 0.564. The number of carbonyl (C=O) groups is 1. The molecule has 0 radical (unpaired) electrons. The number of anilines is 1. The first-order valence-corrected chi connectivity index (χ1v) is 7.75. The van der Waals surface area contributed by atoms with E-state index in [1.165, 1.54) is 0 Å². The number of urea groups is 1. The van der Waals surface area contributed by atoms with Crippen molar-refractivity contribution in [2.75, 3.05) is 11.9 Å². The molecule has 7 heteroatoms. The molecule has 6 nitrogen and oxygen atoms in total. The lowest BCUT2D eigenvalue weighted by Gasteiger charge is -2.14. The van der Waals surface area contributed by atoms with Gasteiger partial charge in [-0.3, -0.25) is 0 Å². The van der Waals surface area contributed by atoms with E-state index in [0.717, 1.165) is 0 Å². The maximum Gasteiger partial charge on any atom is 0.319 e. The van der Waals surface area contributed by atoms with Crippen LogP contribution in [0.3, 0.4) is 0 Å². The second-order valence-electron chi connectivity index (χ2n) is 5.29. The lowest BCUT2D eigenvalue weighted by Crippen LogP contribution is -2.32. The molecule has 0 aliphatic carbocycles. The number of aryl methyl sites for hydroxylation is 1. The average Bonchev–Trinajstić information content (AvgIpc) is 2.92. The monoisotopic (exact) mass is 345 g/mol. The molecule has 0 aliphatic heterocycles. The van der Waals surface area contributed by atoms with Crippen molar-refractivity contribution in [1.29, 1.82) is 0 Å². The second kappa shape index (κ2) is 6.90. The van der Waals surface area contributed by atoms with Crippen LogP contribution < -0.4 is 10.6 Å². The maximum absolute atomic E-state index is 12.0. The molecule has 3 rings (SSSR count). The fraction of sp³-hybridized carbons (Fsp3) is 0.176. The Morgan fingerprint density at radius 2 is 2.12 bits per heavy atom. The molecule has 3 aromatic rings. The molecule has 0 fully saturated rings. The zero-order chi connectivity index (χ0) is 17.1. The van der Waals surface area contributed by atoms with E-state index in [1.54, 1.807) is 49.4 Å². The summed E-state index contributed by atoms with van der Waals surface area (Å²) in [5.41, 5.74) is 2.48. The molecule has 1 aromatic heterocycles. The highest BCUT2D eigenvalue weighted by Gasteiger charge is 2.12. The standard InChI is InChI=1S/C17H16ClN3O3/c1-10-20-14-8-11(6-7-16(14)24-10)21-17(23)19-9-15(22)12-4-2-3-5-13(12)18/h2-8,15,22H,9H2,1H3,(H2,19,21,23). The van der Waals surface area contributed by atoms with Crippen molar-refractivity contribution < 1.29 is 14.3 Å². The molecule has 1 atom stereocenters. The molecule has 0 saturated carbocycles. The van der Waals surface area contributed by atoms with Crippen LogP contribution >= 0.6 is 11.6 Å². The van der Waals surface area contributed by atoms with Crippen LogP contribution in [0.25, 0.3) is 11.1 Å². The number of amides is 2. The number of nitrogens with one attached hydrogen (secondary N) is 2. The zero-order valence-corrected chi connectivity index (χ0v) is 13.7. The number of fused-ring (bicyclic) bond motifs is 1. The van der Waals surface area contributed by atoms with Gasteiger partial charge in [-0.1, -0.05) is 29.8 Å². The van der Waals surface area contributed by atoms with E-state index in [-0.39, 0.29) is 6.54 Å². The van der Waals surface area contributed by atoms with Gasteiger partial charge in [-0.15, -0.1) is 0 Å². The predicted molar refractivity (Wildman–Crippen MR) is 92.2 cm³/mol. The topological polar surface area (TPSA) is 87.4 Å². The molecule has 1 heterocycles. The number of nitrogens with zero attached hydrogens (tertiary/aromatic N) is 1. The summed E-state index contributed by atoms with van der Waals surface area (Å²) in [4.78, 5) is 16.2. The highest BCUT2D eigenvalue weighted by Crippen LogP contribution is 2.22. The molecule has 1 unspecified atom stereocenters. The van der Waals surface area contributed by atoms with Crippen LogP contribution in [0.15, 0.2) is 46.9 Å². The Bertz CT molecular complexity index is 878. The Balaban J connectivity index is 1.59. The van der Waals surface area contributed by atoms with Crippen LogP contribution in [-0.2, 0) is 0 Å². The smallest absolute Gasteiger partial charge is 0.319 e. The lowest BCUT2D eigenvalue weighted by atomic mass is 10.1. The second-order valence-corrected chi connectivity index (χ2v) is 5.69. The van der Waals surface area contributed by atoms with E-state index in [4.69, 9.17) is 16.0 Å². The fourth-order valence-corrected chi connectivity index (χ4v) is 2.60. The molecule has 2 aromatic carbocycles. The minimum atomic E-state index is -0.884. The Morgan fingerprint density at radius 1 is 1.33 bits per heavy atom. The number of oxazole rings is 1. The van der Waals surface area contributed by atoms with E-state index in [0.29, 0.717) is 33.3 Å². The van der Waals surface area contributed by atoms with Crippen molar-refractivity contribution in [2.24, 2.45) is 0 Å². The average molecular weight is 346 g/mol. The van der Waals surface area contributed by atoms with Gasteiger partial charge in [-0.05, 0) is 24.3 Å². The number of rotatable bonds is 4. The quantitative estimate of drug-likeness (QED) is 0.673. The van der Waals surface area contributed by atoms with Crippen molar-refractivity contribution >= 4 is 34.4 Å². The predicted octanol–water partition coefficient (Wildman–Crippen LogP) is 3.64. The van der Waals surface area contributed by atoms with Crippen molar-refractivity contribution in [1.82, 2.24) is 10.3 Å². The summed E-state index contributed by atoms with van der Waals surface area (Å²) in [6.07, 6.45) is -0.884. The molecule has 24 heavy (non-hydrogen) atoms. The number of aromatic nitrogens is 1. The molecular formula is C17H16ClN3O3. The van der Waals surface area contributed by atoms with Gasteiger partial charge in [0.1, 0.15) is 5.52 Å². The Labute approximate surface area is 143 Å². The summed E-state index contributed by atoms with van der Waals surface area (Å²) < 4.78 is 5.38. The van der Waals surface area contributed by atoms with Crippen molar-refractivity contribution in [3.63, 3.8) is 0 Å². The number of benzene rings is 2. The van der Waals surface area contributed by atoms with Crippen molar-refractivity contribution in [3.8, 4) is 0 Å². The van der Waals surface area contributed by atoms with Crippen LogP contribution in [0.2, 0.25) is 5.02 Å². The van der Waals surface area contributed by atoms with Gasteiger partial charge in [0.15, 0.2) is 11.5 Å². The van der Waals surface area contributed by atoms with Crippen molar-refractivity contribution in [2.45, 2.75) is 13.0 Å². The van der Waals surface area contributed by atoms with Gasteiger partial charge in [0.05, 0.1) is 6.10 Å². The van der Waals surface area contributed by atoms with Gasteiger partial charge in [-0.25, -0.2) is 9.78 Å². The van der Waals surface area contributed by atoms with Crippen LogP contribution in [0.5, 0.6) is 0 Å². The molecule has 0 bridgehead atoms. The SMILES string of the molecule is Cc1nc2cc(NC(=O)NCC(O)c3ccccc3Cl)ccc2o1. The summed E-state index contributed by atoms with van der Waals surface area (Å²) in [6, 6.07) is 11.7. The number of hydrogen-bond acceptors (Lipinski definition) is 4.